The first-order valence-electron chi connectivity index (χ1n) is 12.0. The van der Waals surface area contributed by atoms with E-state index in [9.17, 15) is 9.59 Å². The van der Waals surface area contributed by atoms with Crippen molar-refractivity contribution in [2.45, 2.75) is 45.3 Å². The van der Waals surface area contributed by atoms with Gasteiger partial charge in [0.1, 0.15) is 0 Å². The number of hydrogen-bond donors (Lipinski definition) is 0. The molecule has 3 aromatic rings. The number of rotatable bonds is 7. The molecule has 1 aromatic heterocycles. The predicted molar refractivity (Wildman–Crippen MR) is 133 cm³/mol. The third-order valence-corrected chi connectivity index (χ3v) is 6.92. The van der Waals surface area contributed by atoms with Crippen LogP contribution in [0.2, 0.25) is 0 Å². The van der Waals surface area contributed by atoms with Gasteiger partial charge in [0.25, 0.3) is 0 Å². The summed E-state index contributed by atoms with van der Waals surface area (Å²) in [5.74, 6) is 0.137. The number of fused-ring (bicyclic) bond motifs is 2. The highest BCUT2D eigenvalue weighted by Gasteiger charge is 2.35. The first kappa shape index (κ1) is 22.3. The summed E-state index contributed by atoms with van der Waals surface area (Å²) in [5.41, 5.74) is 4.41. The second-order valence-electron chi connectivity index (χ2n) is 9.33. The van der Waals surface area contributed by atoms with Crippen molar-refractivity contribution in [1.29, 1.82) is 0 Å². The van der Waals surface area contributed by atoms with Crippen LogP contribution in [0, 0.1) is 0 Å². The standard InChI is InChI=1S/C27H31N5O2/c1-20-16-22-8-3-5-10-25(22)31(20)27(34)19-29(14-15-30-13-7-12-28-30)18-24-17-23-9-4-6-11-26(23)32(24)21(2)33/h3-13,20,24H,14-19H2,1-2H3/t20-,24+/m0/s1. The number of benzene rings is 2. The van der Waals surface area contributed by atoms with E-state index in [1.54, 1.807) is 13.1 Å². The Kier molecular flexibility index (Phi) is 6.20. The molecule has 0 aliphatic carbocycles. The average molecular weight is 458 g/mol. The van der Waals surface area contributed by atoms with Crippen LogP contribution in [0.4, 0.5) is 11.4 Å². The van der Waals surface area contributed by atoms with Gasteiger partial charge in [-0.05, 0) is 49.1 Å². The van der Waals surface area contributed by atoms with E-state index in [4.69, 9.17) is 0 Å². The molecule has 5 rings (SSSR count). The largest absolute Gasteiger partial charge is 0.308 e. The zero-order valence-corrected chi connectivity index (χ0v) is 19.8. The van der Waals surface area contributed by atoms with Crippen LogP contribution in [-0.4, -0.2) is 58.2 Å². The molecule has 2 aromatic carbocycles. The summed E-state index contributed by atoms with van der Waals surface area (Å²) in [5, 5.41) is 4.32. The SMILES string of the molecule is CC(=O)N1c2ccccc2C[C@@H]1CN(CCn1cccn1)CC(=O)N1c2ccccc2C[C@@H]1C. The Hall–Kier alpha value is -3.45. The van der Waals surface area contributed by atoms with Crippen molar-refractivity contribution in [2.75, 3.05) is 29.4 Å². The smallest absolute Gasteiger partial charge is 0.241 e. The lowest BCUT2D eigenvalue weighted by atomic mass is 10.1. The molecule has 0 unspecified atom stereocenters. The van der Waals surface area contributed by atoms with Gasteiger partial charge in [0.2, 0.25) is 11.8 Å². The average Bonchev–Trinajstić information content (AvgIpc) is 3.53. The second kappa shape index (κ2) is 9.43. The van der Waals surface area contributed by atoms with Crippen LogP contribution in [0.25, 0.3) is 0 Å². The maximum absolute atomic E-state index is 13.6. The monoisotopic (exact) mass is 457 g/mol. The number of aromatic nitrogens is 2. The molecule has 0 N–H and O–H groups in total. The van der Waals surface area contributed by atoms with Crippen LogP contribution < -0.4 is 9.80 Å². The van der Waals surface area contributed by atoms with Gasteiger partial charge in [-0.2, -0.15) is 5.10 Å². The molecule has 7 nitrogen and oxygen atoms in total. The summed E-state index contributed by atoms with van der Waals surface area (Å²) in [4.78, 5) is 32.2. The van der Waals surface area contributed by atoms with Gasteiger partial charge in [0.15, 0.2) is 0 Å². The molecule has 0 fully saturated rings. The van der Waals surface area contributed by atoms with Gasteiger partial charge >= 0.3 is 0 Å². The lowest BCUT2D eigenvalue weighted by Crippen LogP contribution is -2.49. The van der Waals surface area contributed by atoms with Crippen molar-refractivity contribution in [3.8, 4) is 0 Å². The number of carbonyl (C=O) groups is 2. The molecule has 7 heteroatoms. The second-order valence-corrected chi connectivity index (χ2v) is 9.33. The molecule has 3 heterocycles. The minimum absolute atomic E-state index is 0.00334. The molecule has 0 bridgehead atoms. The molecule has 0 saturated carbocycles. The highest BCUT2D eigenvalue weighted by molar-refractivity contribution is 5.97. The van der Waals surface area contributed by atoms with Gasteiger partial charge in [-0.3, -0.25) is 19.2 Å². The fourth-order valence-electron chi connectivity index (χ4n) is 5.46. The van der Waals surface area contributed by atoms with Gasteiger partial charge in [0.05, 0.1) is 19.1 Å². The molecule has 2 aliphatic rings. The van der Waals surface area contributed by atoms with E-state index >= 15 is 0 Å². The Bertz CT molecular complexity index is 1180. The third-order valence-electron chi connectivity index (χ3n) is 6.92. The van der Waals surface area contributed by atoms with E-state index in [0.29, 0.717) is 26.2 Å². The maximum Gasteiger partial charge on any atom is 0.241 e. The van der Waals surface area contributed by atoms with E-state index in [1.165, 1.54) is 11.1 Å². The summed E-state index contributed by atoms with van der Waals surface area (Å²) in [6, 6.07) is 18.3. The first-order chi connectivity index (χ1) is 16.5. The molecule has 176 valence electrons. The van der Waals surface area contributed by atoms with Crippen LogP contribution in [0.15, 0.2) is 67.0 Å². The van der Waals surface area contributed by atoms with Gasteiger partial charge in [-0.1, -0.05) is 36.4 Å². The van der Waals surface area contributed by atoms with Crippen LogP contribution in [0.1, 0.15) is 25.0 Å². The van der Waals surface area contributed by atoms with Gasteiger partial charge in [-0.25, -0.2) is 0 Å². The molecule has 2 aliphatic heterocycles. The maximum atomic E-state index is 13.6. The summed E-state index contributed by atoms with van der Waals surface area (Å²) < 4.78 is 1.89. The van der Waals surface area contributed by atoms with Crippen molar-refractivity contribution < 1.29 is 9.59 Å². The van der Waals surface area contributed by atoms with E-state index in [0.717, 1.165) is 24.2 Å². The third kappa shape index (κ3) is 4.35. The number of para-hydroxylation sites is 2. The van der Waals surface area contributed by atoms with E-state index in [2.05, 4.69) is 29.1 Å². The van der Waals surface area contributed by atoms with E-state index in [1.807, 2.05) is 63.1 Å². The van der Waals surface area contributed by atoms with Crippen LogP contribution in [0.3, 0.4) is 0 Å². The minimum Gasteiger partial charge on any atom is -0.308 e. The van der Waals surface area contributed by atoms with Crippen molar-refractivity contribution >= 4 is 23.2 Å². The number of anilines is 2. The Morgan fingerprint density at radius 3 is 2.32 bits per heavy atom. The first-order valence-corrected chi connectivity index (χ1v) is 12.0. The highest BCUT2D eigenvalue weighted by atomic mass is 16.2. The Morgan fingerprint density at radius 2 is 1.65 bits per heavy atom. The quantitative estimate of drug-likeness (QED) is 0.547. The van der Waals surface area contributed by atoms with Gasteiger partial charge in [-0.15, -0.1) is 0 Å². The molecular formula is C27H31N5O2. The lowest BCUT2D eigenvalue weighted by molar-refractivity contribution is -0.120. The molecule has 0 radical (unpaired) electrons. The molecular weight excluding hydrogens is 426 g/mol. The lowest BCUT2D eigenvalue weighted by Gasteiger charge is -2.32. The molecule has 2 atom stereocenters. The normalized spacial score (nSPS) is 18.9. The number of hydrogen-bond acceptors (Lipinski definition) is 4. The van der Waals surface area contributed by atoms with Crippen LogP contribution in [0.5, 0.6) is 0 Å². The van der Waals surface area contributed by atoms with Crippen LogP contribution in [-0.2, 0) is 29.0 Å². The van der Waals surface area contributed by atoms with Gasteiger partial charge < -0.3 is 9.80 Å². The zero-order chi connectivity index (χ0) is 23.7. The Labute approximate surface area is 200 Å². The topological polar surface area (TPSA) is 61.7 Å². The Morgan fingerprint density at radius 1 is 0.971 bits per heavy atom. The summed E-state index contributed by atoms with van der Waals surface area (Å²) in [7, 11) is 0. The fourth-order valence-corrected chi connectivity index (χ4v) is 5.46. The summed E-state index contributed by atoms with van der Waals surface area (Å²) >= 11 is 0. The molecule has 0 saturated heterocycles. The predicted octanol–water partition coefficient (Wildman–Crippen LogP) is 3.14. The number of nitrogens with zero attached hydrogens (tertiary/aromatic N) is 5. The fraction of sp³-hybridized carbons (Fsp3) is 0.370. The van der Waals surface area contributed by atoms with E-state index in [-0.39, 0.29) is 23.9 Å². The summed E-state index contributed by atoms with van der Waals surface area (Å²) in [6.45, 7) is 6.03. The Balaban J connectivity index is 1.35. The number of carbonyl (C=O) groups excluding carboxylic acids is 2. The summed E-state index contributed by atoms with van der Waals surface area (Å²) in [6.07, 6.45) is 5.38. The van der Waals surface area contributed by atoms with Crippen molar-refractivity contribution in [3.63, 3.8) is 0 Å². The minimum atomic E-state index is 0.00334. The van der Waals surface area contributed by atoms with Gasteiger partial charge in [0, 0.05) is 49.8 Å². The number of amides is 2. The molecule has 0 spiro atoms. The zero-order valence-electron chi connectivity index (χ0n) is 19.8. The van der Waals surface area contributed by atoms with Crippen LogP contribution >= 0.6 is 0 Å². The van der Waals surface area contributed by atoms with E-state index < -0.39 is 0 Å². The molecule has 34 heavy (non-hydrogen) atoms. The highest BCUT2D eigenvalue weighted by Crippen LogP contribution is 2.34. The van der Waals surface area contributed by atoms with Crippen molar-refractivity contribution in [1.82, 2.24) is 14.7 Å². The van der Waals surface area contributed by atoms with Crippen molar-refractivity contribution in [3.05, 3.63) is 78.1 Å². The molecule has 2 amide bonds. The van der Waals surface area contributed by atoms with Crippen molar-refractivity contribution in [2.24, 2.45) is 0 Å².